The lowest BCUT2D eigenvalue weighted by molar-refractivity contribution is 0.0698. The van der Waals surface area contributed by atoms with E-state index in [4.69, 9.17) is 27.6 Å². The van der Waals surface area contributed by atoms with Crippen LogP contribution in [0.1, 0.15) is 35.0 Å². The maximum atomic E-state index is 12.8. The second-order valence-electron chi connectivity index (χ2n) is 6.14. The van der Waals surface area contributed by atoms with E-state index in [0.717, 1.165) is 17.7 Å². The number of thiophene rings is 1. The van der Waals surface area contributed by atoms with Crippen molar-refractivity contribution in [3.05, 3.63) is 57.2 Å². The summed E-state index contributed by atoms with van der Waals surface area (Å²) in [5, 5.41) is 11.2. The van der Waals surface area contributed by atoms with Gasteiger partial charge in [-0.3, -0.25) is 4.79 Å². The molecule has 5 nitrogen and oxygen atoms in total. The quantitative estimate of drug-likeness (QED) is 0.603. The van der Waals surface area contributed by atoms with Crippen LogP contribution in [0.5, 0.6) is 0 Å². The molecule has 3 aromatic rings. The lowest BCUT2D eigenvalue weighted by atomic mass is 9.97. The number of rotatable bonds is 3. The summed E-state index contributed by atoms with van der Waals surface area (Å²) in [6.45, 7) is 1.21. The Kier molecular flexibility index (Phi) is 4.98. The first-order valence-corrected chi connectivity index (χ1v) is 9.87. The molecule has 1 unspecified atom stereocenters. The van der Waals surface area contributed by atoms with Crippen molar-refractivity contribution >= 4 is 40.4 Å². The van der Waals surface area contributed by atoms with Crippen molar-refractivity contribution in [1.29, 1.82) is 0 Å². The summed E-state index contributed by atoms with van der Waals surface area (Å²) in [6.07, 6.45) is 1.78. The number of benzene rings is 1. The Labute approximate surface area is 164 Å². The summed E-state index contributed by atoms with van der Waals surface area (Å²) in [7, 11) is 0. The Balaban J connectivity index is 1.51. The molecule has 134 valence electrons. The van der Waals surface area contributed by atoms with Crippen LogP contribution in [0.25, 0.3) is 10.8 Å². The van der Waals surface area contributed by atoms with Crippen LogP contribution in [0.4, 0.5) is 0 Å². The van der Waals surface area contributed by atoms with Gasteiger partial charge in [-0.05, 0) is 42.5 Å². The zero-order valence-electron chi connectivity index (χ0n) is 13.7. The topological polar surface area (TPSA) is 59.2 Å². The lowest BCUT2D eigenvalue weighted by Gasteiger charge is -2.31. The predicted molar refractivity (Wildman–Crippen MR) is 102 cm³/mol. The molecule has 3 heterocycles. The van der Waals surface area contributed by atoms with E-state index in [1.165, 1.54) is 0 Å². The molecule has 8 heteroatoms. The van der Waals surface area contributed by atoms with Gasteiger partial charge in [0.05, 0.1) is 21.4 Å². The van der Waals surface area contributed by atoms with E-state index in [0.29, 0.717) is 40.5 Å². The molecule has 0 radical (unpaired) electrons. The third kappa shape index (κ3) is 3.49. The molecule has 0 aliphatic carbocycles. The number of halogens is 2. The van der Waals surface area contributed by atoms with E-state index < -0.39 is 0 Å². The summed E-state index contributed by atoms with van der Waals surface area (Å²) in [4.78, 5) is 15.6. The monoisotopic (exact) mass is 407 g/mol. The third-order valence-corrected chi connectivity index (χ3v) is 5.80. The van der Waals surface area contributed by atoms with Crippen LogP contribution < -0.4 is 0 Å². The van der Waals surface area contributed by atoms with Crippen molar-refractivity contribution < 1.29 is 9.21 Å². The highest BCUT2D eigenvalue weighted by molar-refractivity contribution is 7.13. The molecule has 2 aromatic heterocycles. The van der Waals surface area contributed by atoms with Gasteiger partial charge in [-0.2, -0.15) is 0 Å². The van der Waals surface area contributed by atoms with E-state index in [9.17, 15) is 4.79 Å². The van der Waals surface area contributed by atoms with Gasteiger partial charge in [0.15, 0.2) is 0 Å². The number of aromatic nitrogens is 2. The van der Waals surface area contributed by atoms with Crippen LogP contribution in [0.3, 0.4) is 0 Å². The largest absolute Gasteiger partial charge is 0.420 e. The van der Waals surface area contributed by atoms with E-state index in [2.05, 4.69) is 10.2 Å². The van der Waals surface area contributed by atoms with Gasteiger partial charge in [-0.25, -0.2) is 0 Å². The fourth-order valence-corrected chi connectivity index (χ4v) is 4.23. The standard InChI is InChI=1S/C18H15Cl2N3O2S/c19-12-5-6-13(14(20)9-12)18(24)23-7-1-3-11(10-23)16-21-22-17(25-16)15-4-2-8-26-15/h2,4-6,8-9,11H,1,3,7,10H2. The minimum Gasteiger partial charge on any atom is -0.420 e. The molecule has 1 amide bonds. The average molecular weight is 408 g/mol. The molecule has 1 aliphatic rings. The Hall–Kier alpha value is -1.89. The first kappa shape index (κ1) is 17.5. The van der Waals surface area contributed by atoms with Crippen molar-refractivity contribution in [3.8, 4) is 10.8 Å². The van der Waals surface area contributed by atoms with Gasteiger partial charge in [0, 0.05) is 18.1 Å². The van der Waals surface area contributed by atoms with Gasteiger partial charge in [-0.15, -0.1) is 21.5 Å². The van der Waals surface area contributed by atoms with E-state index in [1.807, 2.05) is 17.5 Å². The van der Waals surface area contributed by atoms with Crippen LogP contribution in [-0.4, -0.2) is 34.1 Å². The van der Waals surface area contributed by atoms with Gasteiger partial charge in [-0.1, -0.05) is 29.3 Å². The second kappa shape index (κ2) is 7.39. The maximum absolute atomic E-state index is 12.8. The number of amides is 1. The summed E-state index contributed by atoms with van der Waals surface area (Å²) < 4.78 is 5.85. The van der Waals surface area contributed by atoms with Crippen LogP contribution in [0.15, 0.2) is 40.1 Å². The Morgan fingerprint density at radius 1 is 1.27 bits per heavy atom. The van der Waals surface area contributed by atoms with Gasteiger partial charge in [0.2, 0.25) is 5.89 Å². The normalized spacial score (nSPS) is 17.5. The molecule has 1 fully saturated rings. The van der Waals surface area contributed by atoms with Gasteiger partial charge in [0.1, 0.15) is 0 Å². The molecular weight excluding hydrogens is 393 g/mol. The van der Waals surface area contributed by atoms with Crippen LogP contribution in [0, 0.1) is 0 Å². The van der Waals surface area contributed by atoms with E-state index in [1.54, 1.807) is 34.4 Å². The fourth-order valence-electron chi connectivity index (χ4n) is 3.10. The molecule has 1 atom stereocenters. The highest BCUT2D eigenvalue weighted by Crippen LogP contribution is 2.31. The van der Waals surface area contributed by atoms with Crippen molar-refractivity contribution in [1.82, 2.24) is 15.1 Å². The summed E-state index contributed by atoms with van der Waals surface area (Å²) in [5.41, 5.74) is 0.460. The van der Waals surface area contributed by atoms with Gasteiger partial charge >= 0.3 is 0 Å². The highest BCUT2D eigenvalue weighted by atomic mass is 35.5. The molecule has 1 aromatic carbocycles. The second-order valence-corrected chi connectivity index (χ2v) is 7.93. The Morgan fingerprint density at radius 2 is 2.15 bits per heavy atom. The molecule has 0 N–H and O–H groups in total. The number of carbonyl (C=O) groups excluding carboxylic acids is 1. The van der Waals surface area contributed by atoms with Crippen molar-refractivity contribution in [3.63, 3.8) is 0 Å². The summed E-state index contributed by atoms with van der Waals surface area (Å²) in [6, 6.07) is 8.82. The number of piperidine rings is 1. The first-order valence-electron chi connectivity index (χ1n) is 8.23. The number of nitrogens with zero attached hydrogens (tertiary/aromatic N) is 3. The molecule has 0 spiro atoms. The maximum Gasteiger partial charge on any atom is 0.257 e. The van der Waals surface area contributed by atoms with Crippen LogP contribution in [0.2, 0.25) is 10.0 Å². The summed E-state index contributed by atoms with van der Waals surface area (Å²) >= 11 is 13.7. The number of likely N-dealkylation sites (tertiary alicyclic amines) is 1. The fraction of sp³-hybridized carbons (Fsp3) is 0.278. The molecule has 0 saturated carbocycles. The van der Waals surface area contributed by atoms with Crippen molar-refractivity contribution in [2.45, 2.75) is 18.8 Å². The minimum absolute atomic E-state index is 0.0278. The molecule has 0 bridgehead atoms. The Bertz CT molecular complexity index is 926. The molecular formula is C18H15Cl2N3O2S. The van der Waals surface area contributed by atoms with Crippen LogP contribution in [-0.2, 0) is 0 Å². The molecule has 1 saturated heterocycles. The van der Waals surface area contributed by atoms with E-state index >= 15 is 0 Å². The number of hydrogen-bond donors (Lipinski definition) is 0. The van der Waals surface area contributed by atoms with Gasteiger partial charge in [0.25, 0.3) is 11.8 Å². The molecule has 1 aliphatic heterocycles. The summed E-state index contributed by atoms with van der Waals surface area (Å²) in [5.74, 6) is 1.03. The minimum atomic E-state index is -0.102. The smallest absolute Gasteiger partial charge is 0.257 e. The van der Waals surface area contributed by atoms with Gasteiger partial charge < -0.3 is 9.32 Å². The zero-order valence-corrected chi connectivity index (χ0v) is 16.0. The van der Waals surface area contributed by atoms with E-state index in [-0.39, 0.29) is 11.8 Å². The highest BCUT2D eigenvalue weighted by Gasteiger charge is 2.30. The van der Waals surface area contributed by atoms with Crippen molar-refractivity contribution in [2.75, 3.05) is 13.1 Å². The zero-order chi connectivity index (χ0) is 18.1. The molecule has 4 rings (SSSR count). The Morgan fingerprint density at radius 3 is 2.92 bits per heavy atom. The van der Waals surface area contributed by atoms with Crippen molar-refractivity contribution in [2.24, 2.45) is 0 Å². The lowest BCUT2D eigenvalue weighted by Crippen LogP contribution is -2.39. The van der Waals surface area contributed by atoms with Crippen LogP contribution >= 0.6 is 34.5 Å². The first-order chi connectivity index (χ1) is 12.6. The number of carbonyl (C=O) groups is 1. The SMILES string of the molecule is O=C(c1ccc(Cl)cc1Cl)N1CCCC(c2nnc(-c3cccs3)o2)C1. The average Bonchev–Trinajstić information content (AvgIpc) is 3.33. The number of hydrogen-bond acceptors (Lipinski definition) is 5. The molecule has 26 heavy (non-hydrogen) atoms. The predicted octanol–water partition coefficient (Wildman–Crippen LogP) is 5.12. The third-order valence-electron chi connectivity index (χ3n) is 4.39.